The van der Waals surface area contributed by atoms with Gasteiger partial charge in [0.15, 0.2) is 0 Å². The quantitative estimate of drug-likeness (QED) is 0.873. The van der Waals surface area contributed by atoms with Gasteiger partial charge in [0.2, 0.25) is 10.0 Å². The summed E-state index contributed by atoms with van der Waals surface area (Å²) < 4.78 is 39.4. The van der Waals surface area contributed by atoms with E-state index in [0.717, 1.165) is 37.8 Å². The molecule has 1 saturated carbocycles. The summed E-state index contributed by atoms with van der Waals surface area (Å²) in [7, 11) is -3.55. The maximum absolute atomic E-state index is 12.7. The molecule has 0 saturated heterocycles. The SMILES string of the molecule is NC1CCC(NS(=O)(=O)c2ccc(F)cc2)CC1. The summed E-state index contributed by atoms with van der Waals surface area (Å²) in [6, 6.07) is 4.94. The summed E-state index contributed by atoms with van der Waals surface area (Å²) in [5.41, 5.74) is 5.77. The predicted molar refractivity (Wildman–Crippen MR) is 67.0 cm³/mol. The van der Waals surface area contributed by atoms with Crippen LogP contribution in [0, 0.1) is 5.82 Å². The van der Waals surface area contributed by atoms with Crippen molar-refractivity contribution in [3.05, 3.63) is 30.1 Å². The summed E-state index contributed by atoms with van der Waals surface area (Å²) in [5.74, 6) is -0.447. The van der Waals surface area contributed by atoms with E-state index in [4.69, 9.17) is 5.73 Å². The minimum atomic E-state index is -3.55. The van der Waals surface area contributed by atoms with Crippen molar-refractivity contribution in [2.24, 2.45) is 5.73 Å². The molecule has 1 aromatic carbocycles. The fraction of sp³-hybridized carbons (Fsp3) is 0.500. The molecule has 1 fully saturated rings. The predicted octanol–water partition coefficient (Wildman–Crippen LogP) is 1.37. The second kappa shape index (κ2) is 5.34. The van der Waals surface area contributed by atoms with Crippen LogP contribution in [0.2, 0.25) is 0 Å². The van der Waals surface area contributed by atoms with Crippen LogP contribution in [-0.2, 0) is 10.0 Å². The highest BCUT2D eigenvalue weighted by Gasteiger charge is 2.24. The van der Waals surface area contributed by atoms with Gasteiger partial charge in [0.25, 0.3) is 0 Å². The maximum atomic E-state index is 12.7. The minimum absolute atomic E-state index is 0.0696. The fourth-order valence-corrected chi connectivity index (χ4v) is 3.44. The molecule has 100 valence electrons. The van der Waals surface area contributed by atoms with Crippen LogP contribution < -0.4 is 10.5 Å². The van der Waals surface area contributed by atoms with Crippen molar-refractivity contribution in [2.45, 2.75) is 42.7 Å². The maximum Gasteiger partial charge on any atom is 0.240 e. The Kier molecular flexibility index (Phi) is 3.99. The van der Waals surface area contributed by atoms with Crippen molar-refractivity contribution < 1.29 is 12.8 Å². The Bertz CT molecular complexity index is 493. The van der Waals surface area contributed by atoms with Crippen molar-refractivity contribution in [3.8, 4) is 0 Å². The van der Waals surface area contributed by atoms with Crippen LogP contribution in [0.1, 0.15) is 25.7 Å². The molecule has 1 aromatic rings. The van der Waals surface area contributed by atoms with Gasteiger partial charge in [-0.3, -0.25) is 0 Å². The topological polar surface area (TPSA) is 72.2 Å². The molecule has 2 rings (SSSR count). The molecule has 0 unspecified atom stereocenters. The average molecular weight is 272 g/mol. The van der Waals surface area contributed by atoms with E-state index in [1.54, 1.807) is 0 Å². The Hall–Kier alpha value is -0.980. The highest BCUT2D eigenvalue weighted by Crippen LogP contribution is 2.19. The summed E-state index contributed by atoms with van der Waals surface area (Å²) >= 11 is 0. The van der Waals surface area contributed by atoms with Crippen molar-refractivity contribution >= 4 is 10.0 Å². The fourth-order valence-electron chi connectivity index (χ4n) is 2.14. The highest BCUT2D eigenvalue weighted by molar-refractivity contribution is 7.89. The third-order valence-electron chi connectivity index (χ3n) is 3.22. The third-order valence-corrected chi connectivity index (χ3v) is 4.75. The zero-order valence-corrected chi connectivity index (χ0v) is 10.8. The smallest absolute Gasteiger partial charge is 0.240 e. The Morgan fingerprint density at radius 1 is 1.11 bits per heavy atom. The van der Waals surface area contributed by atoms with E-state index < -0.39 is 15.8 Å². The monoisotopic (exact) mass is 272 g/mol. The second-order valence-corrected chi connectivity index (χ2v) is 6.40. The summed E-state index contributed by atoms with van der Waals surface area (Å²) in [4.78, 5) is 0.0961. The standard InChI is InChI=1S/C12H17FN2O2S/c13-9-1-7-12(8-2-9)18(16,17)15-11-5-3-10(14)4-6-11/h1-2,7-8,10-11,15H,3-6,14H2. The van der Waals surface area contributed by atoms with E-state index in [0.29, 0.717) is 0 Å². The Morgan fingerprint density at radius 2 is 1.67 bits per heavy atom. The van der Waals surface area contributed by atoms with Gasteiger partial charge >= 0.3 is 0 Å². The first kappa shape index (κ1) is 13.5. The van der Waals surface area contributed by atoms with E-state index >= 15 is 0 Å². The highest BCUT2D eigenvalue weighted by atomic mass is 32.2. The van der Waals surface area contributed by atoms with Gasteiger partial charge in [-0.2, -0.15) is 0 Å². The number of hydrogen-bond donors (Lipinski definition) is 2. The normalized spacial score (nSPS) is 25.0. The number of sulfonamides is 1. The lowest BCUT2D eigenvalue weighted by Crippen LogP contribution is -2.40. The van der Waals surface area contributed by atoms with Crippen LogP contribution in [0.3, 0.4) is 0 Å². The van der Waals surface area contributed by atoms with E-state index in [1.807, 2.05) is 0 Å². The van der Waals surface area contributed by atoms with Crippen LogP contribution in [0.15, 0.2) is 29.2 Å². The lowest BCUT2D eigenvalue weighted by Gasteiger charge is -2.26. The largest absolute Gasteiger partial charge is 0.328 e. The van der Waals surface area contributed by atoms with Gasteiger partial charge in [-0.05, 0) is 49.9 Å². The zero-order chi connectivity index (χ0) is 13.2. The van der Waals surface area contributed by atoms with E-state index in [2.05, 4.69) is 4.72 Å². The van der Waals surface area contributed by atoms with Crippen molar-refractivity contribution in [3.63, 3.8) is 0 Å². The van der Waals surface area contributed by atoms with Gasteiger partial charge in [-0.25, -0.2) is 17.5 Å². The van der Waals surface area contributed by atoms with Crippen LogP contribution in [-0.4, -0.2) is 20.5 Å². The van der Waals surface area contributed by atoms with Crippen LogP contribution in [0.25, 0.3) is 0 Å². The lowest BCUT2D eigenvalue weighted by molar-refractivity contribution is 0.373. The number of hydrogen-bond acceptors (Lipinski definition) is 3. The summed E-state index contributed by atoms with van der Waals surface area (Å²) in [6.45, 7) is 0. The Balaban J connectivity index is 2.05. The molecule has 18 heavy (non-hydrogen) atoms. The number of rotatable bonds is 3. The van der Waals surface area contributed by atoms with Crippen molar-refractivity contribution in [2.75, 3.05) is 0 Å². The van der Waals surface area contributed by atoms with Crippen LogP contribution in [0.5, 0.6) is 0 Å². The molecule has 0 aromatic heterocycles. The van der Waals surface area contributed by atoms with E-state index in [-0.39, 0.29) is 17.0 Å². The molecule has 0 atom stereocenters. The molecule has 3 N–H and O–H groups in total. The first-order valence-corrected chi connectivity index (χ1v) is 7.49. The van der Waals surface area contributed by atoms with Gasteiger partial charge < -0.3 is 5.73 Å². The number of nitrogens with one attached hydrogen (secondary N) is 1. The van der Waals surface area contributed by atoms with Gasteiger partial charge in [0.1, 0.15) is 5.82 Å². The molecular formula is C12H17FN2O2S. The zero-order valence-electron chi connectivity index (χ0n) is 9.97. The Labute approximate surface area is 106 Å². The van der Waals surface area contributed by atoms with Gasteiger partial charge in [-0.15, -0.1) is 0 Å². The molecular weight excluding hydrogens is 255 g/mol. The van der Waals surface area contributed by atoms with Gasteiger partial charge in [-0.1, -0.05) is 0 Å². The van der Waals surface area contributed by atoms with E-state index in [9.17, 15) is 12.8 Å². The van der Waals surface area contributed by atoms with E-state index in [1.165, 1.54) is 12.1 Å². The third kappa shape index (κ3) is 3.28. The molecule has 0 amide bonds. The molecule has 0 heterocycles. The minimum Gasteiger partial charge on any atom is -0.328 e. The number of benzene rings is 1. The van der Waals surface area contributed by atoms with Gasteiger partial charge in [0.05, 0.1) is 4.90 Å². The molecule has 1 aliphatic rings. The average Bonchev–Trinajstić information content (AvgIpc) is 2.32. The lowest BCUT2D eigenvalue weighted by atomic mass is 9.93. The molecule has 4 nitrogen and oxygen atoms in total. The van der Waals surface area contributed by atoms with Crippen LogP contribution >= 0.6 is 0 Å². The molecule has 0 aliphatic heterocycles. The summed E-state index contributed by atoms with van der Waals surface area (Å²) in [5, 5.41) is 0. The molecule has 0 radical (unpaired) electrons. The Morgan fingerprint density at radius 3 is 2.22 bits per heavy atom. The van der Waals surface area contributed by atoms with Crippen LogP contribution in [0.4, 0.5) is 4.39 Å². The van der Waals surface area contributed by atoms with Crippen molar-refractivity contribution in [1.82, 2.24) is 4.72 Å². The number of halogens is 1. The second-order valence-electron chi connectivity index (χ2n) is 4.69. The molecule has 0 bridgehead atoms. The van der Waals surface area contributed by atoms with Gasteiger partial charge in [0, 0.05) is 12.1 Å². The molecule has 1 aliphatic carbocycles. The van der Waals surface area contributed by atoms with Crippen molar-refractivity contribution in [1.29, 1.82) is 0 Å². The molecule has 6 heteroatoms. The summed E-state index contributed by atoms with van der Waals surface area (Å²) in [6.07, 6.45) is 3.16. The number of nitrogens with two attached hydrogens (primary N) is 1. The first-order chi connectivity index (χ1) is 8.47. The first-order valence-electron chi connectivity index (χ1n) is 6.01. The molecule has 0 spiro atoms.